The Bertz CT molecular complexity index is 703. The van der Waals surface area contributed by atoms with E-state index in [-0.39, 0.29) is 0 Å². The second-order valence-corrected chi connectivity index (χ2v) is 4.27. The van der Waals surface area contributed by atoms with E-state index in [0.717, 1.165) is 16.9 Å². The third kappa shape index (κ3) is 1.88. The van der Waals surface area contributed by atoms with Gasteiger partial charge < -0.3 is 15.2 Å². The number of nitrogen functional groups attached to an aromatic ring is 1. The SMILES string of the molecule is Nc1ccc2nc(Cc3ccccc3O)cn2c1. The second kappa shape index (κ2) is 4.07. The lowest BCUT2D eigenvalue weighted by molar-refractivity contribution is 0.469. The predicted molar refractivity (Wildman–Crippen MR) is 70.5 cm³/mol. The average Bonchev–Trinajstić information content (AvgIpc) is 2.73. The maximum absolute atomic E-state index is 9.74. The van der Waals surface area contributed by atoms with E-state index in [1.165, 1.54) is 0 Å². The minimum Gasteiger partial charge on any atom is -0.508 e. The van der Waals surface area contributed by atoms with Crippen molar-refractivity contribution in [2.75, 3.05) is 5.73 Å². The Morgan fingerprint density at radius 1 is 1.11 bits per heavy atom. The molecule has 2 heterocycles. The van der Waals surface area contributed by atoms with Gasteiger partial charge in [0.05, 0.1) is 5.69 Å². The number of nitrogens with two attached hydrogens (primary N) is 1. The first-order valence-corrected chi connectivity index (χ1v) is 5.72. The molecule has 0 amide bonds. The van der Waals surface area contributed by atoms with E-state index < -0.39 is 0 Å². The number of phenols is 1. The number of pyridine rings is 1. The van der Waals surface area contributed by atoms with Gasteiger partial charge in [0.25, 0.3) is 0 Å². The molecule has 0 saturated carbocycles. The van der Waals surface area contributed by atoms with Gasteiger partial charge in [-0.05, 0) is 23.8 Å². The third-order valence-corrected chi connectivity index (χ3v) is 2.89. The van der Waals surface area contributed by atoms with E-state index in [4.69, 9.17) is 5.73 Å². The maximum Gasteiger partial charge on any atom is 0.137 e. The van der Waals surface area contributed by atoms with Crippen LogP contribution in [0.1, 0.15) is 11.3 Å². The molecule has 0 aliphatic heterocycles. The van der Waals surface area contributed by atoms with E-state index in [0.29, 0.717) is 17.9 Å². The highest BCUT2D eigenvalue weighted by Crippen LogP contribution is 2.19. The van der Waals surface area contributed by atoms with Gasteiger partial charge in [0, 0.05) is 24.5 Å². The van der Waals surface area contributed by atoms with Crippen LogP contribution in [0.25, 0.3) is 5.65 Å². The Labute approximate surface area is 104 Å². The molecule has 0 spiro atoms. The van der Waals surface area contributed by atoms with E-state index in [1.807, 2.05) is 47.1 Å². The summed E-state index contributed by atoms with van der Waals surface area (Å²) in [7, 11) is 0. The zero-order valence-corrected chi connectivity index (χ0v) is 9.74. The summed E-state index contributed by atoms with van der Waals surface area (Å²) in [4.78, 5) is 4.49. The molecule has 18 heavy (non-hydrogen) atoms. The molecule has 0 atom stereocenters. The first kappa shape index (κ1) is 10.7. The van der Waals surface area contributed by atoms with Crippen molar-refractivity contribution < 1.29 is 5.11 Å². The molecule has 0 saturated heterocycles. The van der Waals surface area contributed by atoms with Crippen molar-refractivity contribution in [2.24, 2.45) is 0 Å². The molecule has 0 radical (unpaired) electrons. The van der Waals surface area contributed by atoms with Crippen LogP contribution in [-0.4, -0.2) is 14.5 Å². The van der Waals surface area contributed by atoms with Gasteiger partial charge >= 0.3 is 0 Å². The first-order valence-electron chi connectivity index (χ1n) is 5.72. The number of fused-ring (bicyclic) bond motifs is 1. The lowest BCUT2D eigenvalue weighted by atomic mass is 10.1. The monoisotopic (exact) mass is 239 g/mol. The fraction of sp³-hybridized carbons (Fsp3) is 0.0714. The Morgan fingerprint density at radius 3 is 2.78 bits per heavy atom. The number of benzene rings is 1. The van der Waals surface area contributed by atoms with Crippen molar-refractivity contribution in [1.82, 2.24) is 9.38 Å². The number of aromatic hydroxyl groups is 1. The van der Waals surface area contributed by atoms with Gasteiger partial charge in [0.1, 0.15) is 11.4 Å². The minimum atomic E-state index is 0.300. The number of imidazole rings is 1. The average molecular weight is 239 g/mol. The van der Waals surface area contributed by atoms with Crippen molar-refractivity contribution in [3.63, 3.8) is 0 Å². The first-order chi connectivity index (χ1) is 8.72. The maximum atomic E-state index is 9.74. The number of para-hydroxylation sites is 1. The third-order valence-electron chi connectivity index (χ3n) is 2.89. The van der Waals surface area contributed by atoms with E-state index in [1.54, 1.807) is 6.07 Å². The van der Waals surface area contributed by atoms with Crippen LogP contribution < -0.4 is 5.73 Å². The van der Waals surface area contributed by atoms with Crippen LogP contribution in [0.3, 0.4) is 0 Å². The fourth-order valence-electron chi connectivity index (χ4n) is 2.00. The van der Waals surface area contributed by atoms with Crippen molar-refractivity contribution in [2.45, 2.75) is 6.42 Å². The van der Waals surface area contributed by atoms with Crippen molar-refractivity contribution in [1.29, 1.82) is 0 Å². The van der Waals surface area contributed by atoms with E-state index >= 15 is 0 Å². The highest BCUT2D eigenvalue weighted by atomic mass is 16.3. The molecule has 0 aliphatic carbocycles. The Morgan fingerprint density at radius 2 is 1.94 bits per heavy atom. The molecular weight excluding hydrogens is 226 g/mol. The standard InChI is InChI=1S/C14H13N3O/c15-11-5-6-14-16-12(9-17(14)8-11)7-10-3-1-2-4-13(10)18/h1-6,8-9,18H,7,15H2. The molecule has 3 rings (SSSR count). The van der Waals surface area contributed by atoms with Crippen LogP contribution in [-0.2, 0) is 6.42 Å². The summed E-state index contributed by atoms with van der Waals surface area (Å²) >= 11 is 0. The molecular formula is C14H13N3O. The second-order valence-electron chi connectivity index (χ2n) is 4.27. The summed E-state index contributed by atoms with van der Waals surface area (Å²) in [5.74, 6) is 0.300. The van der Waals surface area contributed by atoms with Crippen LogP contribution in [0.4, 0.5) is 5.69 Å². The summed E-state index contributed by atoms with van der Waals surface area (Å²) in [6, 6.07) is 11.0. The van der Waals surface area contributed by atoms with Crippen LogP contribution in [0.2, 0.25) is 0 Å². The van der Waals surface area contributed by atoms with Crippen LogP contribution in [0, 0.1) is 0 Å². The summed E-state index contributed by atoms with van der Waals surface area (Å²) < 4.78 is 1.89. The van der Waals surface area contributed by atoms with Crippen LogP contribution >= 0.6 is 0 Å². The quantitative estimate of drug-likeness (QED) is 0.720. The summed E-state index contributed by atoms with van der Waals surface area (Å²) in [5, 5.41) is 9.74. The summed E-state index contributed by atoms with van der Waals surface area (Å²) in [5.41, 5.74) is 9.05. The number of phenolic OH excluding ortho intramolecular Hbond substituents is 1. The Balaban J connectivity index is 1.98. The van der Waals surface area contributed by atoms with E-state index in [2.05, 4.69) is 4.98 Å². The fourth-order valence-corrected chi connectivity index (χ4v) is 2.00. The summed E-state index contributed by atoms with van der Waals surface area (Å²) in [6.07, 6.45) is 4.36. The van der Waals surface area contributed by atoms with Gasteiger partial charge in [-0.1, -0.05) is 18.2 Å². The van der Waals surface area contributed by atoms with Gasteiger partial charge in [0.15, 0.2) is 0 Å². The number of rotatable bonds is 2. The molecule has 2 aromatic heterocycles. The Kier molecular flexibility index (Phi) is 2.41. The smallest absolute Gasteiger partial charge is 0.137 e. The van der Waals surface area contributed by atoms with Crippen LogP contribution in [0.5, 0.6) is 5.75 Å². The number of hydrogen-bond acceptors (Lipinski definition) is 3. The molecule has 0 fully saturated rings. The Hall–Kier alpha value is -2.49. The molecule has 0 aliphatic rings. The molecule has 3 aromatic rings. The predicted octanol–water partition coefficient (Wildman–Crippen LogP) is 2.21. The zero-order chi connectivity index (χ0) is 12.5. The molecule has 4 nitrogen and oxygen atoms in total. The van der Waals surface area contributed by atoms with Crippen LogP contribution in [0.15, 0.2) is 48.8 Å². The molecule has 0 bridgehead atoms. The van der Waals surface area contributed by atoms with Gasteiger partial charge in [-0.25, -0.2) is 4.98 Å². The van der Waals surface area contributed by atoms with Gasteiger partial charge in [-0.2, -0.15) is 0 Å². The molecule has 4 heteroatoms. The molecule has 3 N–H and O–H groups in total. The highest BCUT2D eigenvalue weighted by molar-refractivity contribution is 5.48. The number of nitrogens with zero attached hydrogens (tertiary/aromatic N) is 2. The van der Waals surface area contributed by atoms with Gasteiger partial charge in [0.2, 0.25) is 0 Å². The van der Waals surface area contributed by atoms with E-state index in [9.17, 15) is 5.11 Å². The van der Waals surface area contributed by atoms with Crippen molar-refractivity contribution in [3.8, 4) is 5.75 Å². The number of aromatic nitrogens is 2. The minimum absolute atomic E-state index is 0.300. The number of anilines is 1. The largest absolute Gasteiger partial charge is 0.508 e. The topological polar surface area (TPSA) is 63.5 Å². The van der Waals surface area contributed by atoms with Gasteiger partial charge in [-0.3, -0.25) is 0 Å². The normalized spacial score (nSPS) is 10.9. The van der Waals surface area contributed by atoms with Crippen molar-refractivity contribution in [3.05, 3.63) is 60.0 Å². The lowest BCUT2D eigenvalue weighted by Crippen LogP contribution is -1.88. The van der Waals surface area contributed by atoms with Gasteiger partial charge in [-0.15, -0.1) is 0 Å². The molecule has 1 aromatic carbocycles. The molecule has 90 valence electrons. The zero-order valence-electron chi connectivity index (χ0n) is 9.74. The summed E-state index contributed by atoms with van der Waals surface area (Å²) in [6.45, 7) is 0. The molecule has 0 unspecified atom stereocenters. The lowest BCUT2D eigenvalue weighted by Gasteiger charge is -2.00. The van der Waals surface area contributed by atoms with Crippen molar-refractivity contribution >= 4 is 11.3 Å². The number of hydrogen-bond donors (Lipinski definition) is 2. The highest BCUT2D eigenvalue weighted by Gasteiger charge is 2.05.